The second-order valence-corrected chi connectivity index (χ2v) is 6.12. The van der Waals surface area contributed by atoms with E-state index in [9.17, 15) is 0 Å². The minimum Gasteiger partial charge on any atom is -0.381 e. The molecule has 2 fully saturated rings. The van der Waals surface area contributed by atoms with Crippen molar-refractivity contribution in [2.45, 2.75) is 63.6 Å². The molecule has 17 heavy (non-hydrogen) atoms. The van der Waals surface area contributed by atoms with Crippen molar-refractivity contribution in [3.05, 3.63) is 0 Å². The van der Waals surface area contributed by atoms with E-state index in [2.05, 4.69) is 19.2 Å². The smallest absolute Gasteiger partial charge is 0.157 e. The van der Waals surface area contributed by atoms with Gasteiger partial charge < -0.3 is 10.1 Å². The van der Waals surface area contributed by atoms with Crippen LogP contribution in [-0.2, 0) is 4.74 Å². The van der Waals surface area contributed by atoms with Gasteiger partial charge in [-0.05, 0) is 32.1 Å². The number of hydrogen-bond acceptors (Lipinski definition) is 3. The van der Waals surface area contributed by atoms with E-state index in [0.29, 0.717) is 17.7 Å². The molecule has 0 spiro atoms. The van der Waals surface area contributed by atoms with Crippen LogP contribution in [0.3, 0.4) is 0 Å². The average molecular weight is 256 g/mol. The number of aliphatic imine (C=N–C) groups is 1. The zero-order valence-electron chi connectivity index (χ0n) is 11.2. The lowest BCUT2D eigenvalue weighted by atomic mass is 9.96. The summed E-state index contributed by atoms with van der Waals surface area (Å²) in [5, 5.41) is 4.80. The molecule has 2 atom stereocenters. The molecular weight excluding hydrogens is 232 g/mol. The van der Waals surface area contributed by atoms with Crippen molar-refractivity contribution in [2.24, 2.45) is 4.99 Å². The zero-order valence-corrected chi connectivity index (χ0v) is 12.0. The Kier molecular flexibility index (Phi) is 4.36. The Hall–Kier alpha value is -0.220. The number of methoxy groups -OCH3 is 1. The molecule has 1 aliphatic carbocycles. The van der Waals surface area contributed by atoms with Crippen LogP contribution in [0.15, 0.2) is 4.99 Å². The van der Waals surface area contributed by atoms with E-state index in [1.54, 1.807) is 0 Å². The van der Waals surface area contributed by atoms with Gasteiger partial charge in [-0.25, -0.2) is 0 Å². The van der Waals surface area contributed by atoms with E-state index in [1.807, 2.05) is 18.9 Å². The molecular formula is C13H24N2OS. The van der Waals surface area contributed by atoms with Crippen LogP contribution in [0.25, 0.3) is 0 Å². The normalized spacial score (nSPS) is 34.2. The van der Waals surface area contributed by atoms with E-state index < -0.39 is 0 Å². The predicted molar refractivity (Wildman–Crippen MR) is 74.8 cm³/mol. The van der Waals surface area contributed by atoms with Gasteiger partial charge in [-0.15, -0.1) is 0 Å². The Labute approximate surface area is 109 Å². The molecule has 2 rings (SSSR count). The predicted octanol–water partition coefficient (Wildman–Crippen LogP) is 2.81. The first-order valence-corrected chi connectivity index (χ1v) is 7.71. The standard InChI is InChI=1S/C13H24N2OS/c1-4-13(5-2)9-17-12(15-13)14-10-6-7-11(8-10)16-3/h10-11H,4-9H2,1-3H3,(H,14,15). The molecule has 1 aliphatic heterocycles. The van der Waals surface area contributed by atoms with Crippen molar-refractivity contribution < 1.29 is 4.74 Å². The van der Waals surface area contributed by atoms with Crippen LogP contribution in [0, 0.1) is 0 Å². The van der Waals surface area contributed by atoms with Crippen molar-refractivity contribution in [3.8, 4) is 0 Å². The van der Waals surface area contributed by atoms with E-state index in [4.69, 9.17) is 9.73 Å². The summed E-state index contributed by atoms with van der Waals surface area (Å²) >= 11 is 1.89. The minimum atomic E-state index is 0.294. The molecule has 0 aromatic carbocycles. The van der Waals surface area contributed by atoms with Gasteiger partial charge >= 0.3 is 0 Å². The van der Waals surface area contributed by atoms with Gasteiger partial charge in [0.05, 0.1) is 12.1 Å². The highest BCUT2D eigenvalue weighted by Crippen LogP contribution is 2.31. The van der Waals surface area contributed by atoms with Gasteiger partial charge in [-0.2, -0.15) is 0 Å². The summed E-state index contributed by atoms with van der Waals surface area (Å²) in [4.78, 5) is 4.85. The molecule has 0 bridgehead atoms. The molecule has 0 amide bonds. The third-order valence-electron chi connectivity index (χ3n) is 4.20. The van der Waals surface area contributed by atoms with Crippen LogP contribution in [0.1, 0.15) is 46.0 Å². The topological polar surface area (TPSA) is 33.6 Å². The lowest BCUT2D eigenvalue weighted by molar-refractivity contribution is 0.108. The largest absolute Gasteiger partial charge is 0.381 e. The van der Waals surface area contributed by atoms with Crippen LogP contribution in [0.4, 0.5) is 0 Å². The molecule has 2 aliphatic rings. The number of nitrogens with one attached hydrogen (secondary N) is 1. The quantitative estimate of drug-likeness (QED) is 0.840. The van der Waals surface area contributed by atoms with Gasteiger partial charge in [0.2, 0.25) is 0 Å². The molecule has 1 saturated heterocycles. The Morgan fingerprint density at radius 1 is 1.41 bits per heavy atom. The van der Waals surface area contributed by atoms with Crippen LogP contribution in [-0.4, -0.2) is 35.7 Å². The van der Waals surface area contributed by atoms with Crippen molar-refractivity contribution in [3.63, 3.8) is 0 Å². The SMILES string of the molecule is CCC1(CC)CSC(=NC2CCC(OC)C2)N1. The second-order valence-electron chi connectivity index (χ2n) is 5.16. The fraction of sp³-hybridized carbons (Fsp3) is 0.923. The Bertz CT molecular complexity index is 289. The van der Waals surface area contributed by atoms with E-state index in [0.717, 1.165) is 18.0 Å². The fourth-order valence-corrected chi connectivity index (χ4v) is 4.03. The highest BCUT2D eigenvalue weighted by molar-refractivity contribution is 8.14. The molecule has 4 heteroatoms. The molecule has 2 unspecified atom stereocenters. The van der Waals surface area contributed by atoms with Gasteiger partial charge in [0.15, 0.2) is 5.17 Å². The van der Waals surface area contributed by atoms with Gasteiger partial charge in [-0.3, -0.25) is 4.99 Å². The third-order valence-corrected chi connectivity index (χ3v) is 5.38. The molecule has 98 valence electrons. The summed E-state index contributed by atoms with van der Waals surface area (Å²) in [5.74, 6) is 1.17. The molecule has 1 N–H and O–H groups in total. The lowest BCUT2D eigenvalue weighted by Crippen LogP contribution is -2.42. The first-order valence-electron chi connectivity index (χ1n) is 6.73. The molecule has 1 saturated carbocycles. The minimum absolute atomic E-state index is 0.294. The number of rotatable bonds is 4. The van der Waals surface area contributed by atoms with Crippen molar-refractivity contribution in [1.29, 1.82) is 0 Å². The van der Waals surface area contributed by atoms with E-state index in [-0.39, 0.29) is 0 Å². The Balaban J connectivity index is 1.92. The summed E-state index contributed by atoms with van der Waals surface area (Å²) in [7, 11) is 1.81. The lowest BCUT2D eigenvalue weighted by Gasteiger charge is -2.25. The van der Waals surface area contributed by atoms with E-state index >= 15 is 0 Å². The maximum atomic E-state index is 5.39. The molecule has 0 aromatic rings. The van der Waals surface area contributed by atoms with Crippen LogP contribution >= 0.6 is 11.8 Å². The number of hydrogen-bond donors (Lipinski definition) is 1. The van der Waals surface area contributed by atoms with Crippen LogP contribution in [0.2, 0.25) is 0 Å². The van der Waals surface area contributed by atoms with Crippen molar-refractivity contribution in [2.75, 3.05) is 12.9 Å². The van der Waals surface area contributed by atoms with Crippen LogP contribution < -0.4 is 5.32 Å². The van der Waals surface area contributed by atoms with Crippen molar-refractivity contribution in [1.82, 2.24) is 5.32 Å². The molecule has 3 nitrogen and oxygen atoms in total. The first-order chi connectivity index (χ1) is 8.21. The average Bonchev–Trinajstić information content (AvgIpc) is 2.97. The van der Waals surface area contributed by atoms with E-state index in [1.165, 1.54) is 25.0 Å². The van der Waals surface area contributed by atoms with Gasteiger partial charge in [-0.1, -0.05) is 25.6 Å². The zero-order chi connectivity index (χ0) is 12.3. The molecule has 0 radical (unpaired) electrons. The molecule has 0 aromatic heterocycles. The maximum Gasteiger partial charge on any atom is 0.157 e. The summed E-state index contributed by atoms with van der Waals surface area (Å²) in [6.07, 6.45) is 6.22. The maximum absolute atomic E-state index is 5.39. The second kappa shape index (κ2) is 5.61. The number of ether oxygens (including phenoxy) is 1. The summed E-state index contributed by atoms with van der Waals surface area (Å²) < 4.78 is 5.39. The molecule has 1 heterocycles. The highest BCUT2D eigenvalue weighted by atomic mass is 32.2. The summed E-state index contributed by atoms with van der Waals surface area (Å²) in [6, 6.07) is 0.472. The summed E-state index contributed by atoms with van der Waals surface area (Å²) in [6.45, 7) is 4.52. The Morgan fingerprint density at radius 3 is 2.71 bits per heavy atom. The van der Waals surface area contributed by atoms with Crippen LogP contribution in [0.5, 0.6) is 0 Å². The number of thioether (sulfide) groups is 1. The van der Waals surface area contributed by atoms with Gasteiger partial charge in [0.1, 0.15) is 0 Å². The summed E-state index contributed by atoms with van der Waals surface area (Å²) in [5.41, 5.74) is 0.294. The fourth-order valence-electron chi connectivity index (χ4n) is 2.62. The monoisotopic (exact) mass is 256 g/mol. The number of nitrogens with zero attached hydrogens (tertiary/aromatic N) is 1. The van der Waals surface area contributed by atoms with Gasteiger partial charge in [0, 0.05) is 18.4 Å². The van der Waals surface area contributed by atoms with Gasteiger partial charge in [0.25, 0.3) is 0 Å². The van der Waals surface area contributed by atoms with Crippen molar-refractivity contribution >= 4 is 16.9 Å². The number of amidine groups is 1. The third kappa shape index (κ3) is 2.97. The first kappa shape index (κ1) is 13.2. The highest BCUT2D eigenvalue weighted by Gasteiger charge is 2.34. The Morgan fingerprint density at radius 2 is 2.18 bits per heavy atom.